The highest BCUT2D eigenvalue weighted by atomic mass is 32.1. The van der Waals surface area contributed by atoms with Crippen LogP contribution in [0.1, 0.15) is 43.2 Å². The molecule has 0 saturated heterocycles. The third kappa shape index (κ3) is 4.60. The van der Waals surface area contributed by atoms with Crippen molar-refractivity contribution in [1.82, 2.24) is 9.97 Å². The van der Waals surface area contributed by atoms with Crippen LogP contribution >= 0.6 is 11.3 Å². The fraction of sp³-hybridized carbons (Fsp3) is 0.130. The Morgan fingerprint density at radius 1 is 0.469 bits per heavy atom. The molecule has 2 aliphatic rings. The molecule has 1 fully saturated rings. The Labute approximate surface area is 290 Å². The van der Waals surface area contributed by atoms with Crippen molar-refractivity contribution in [2.24, 2.45) is 0 Å². The SMILES string of the molecule is c1ccc(-c2ccc(-c3nc(-c4ccc(-c5ccc6c(c5)C5(CCCCC5)c5ccccc5-6)cc4)c4sc5ccccc5c4n3)cc2)cc1. The summed E-state index contributed by atoms with van der Waals surface area (Å²) in [5.74, 6) is 0.755. The number of hydrogen-bond acceptors (Lipinski definition) is 3. The lowest BCUT2D eigenvalue weighted by Crippen LogP contribution is -2.28. The van der Waals surface area contributed by atoms with Gasteiger partial charge in [0.05, 0.1) is 15.9 Å². The number of nitrogens with zero attached hydrogens (tertiary/aromatic N) is 2. The number of fused-ring (bicyclic) bond motifs is 8. The van der Waals surface area contributed by atoms with E-state index in [1.165, 1.54) is 81.1 Å². The van der Waals surface area contributed by atoms with Crippen molar-refractivity contribution in [3.05, 3.63) is 157 Å². The van der Waals surface area contributed by atoms with E-state index in [0.717, 1.165) is 32.9 Å². The Hall–Kier alpha value is -5.38. The maximum Gasteiger partial charge on any atom is 0.160 e. The van der Waals surface area contributed by atoms with E-state index in [-0.39, 0.29) is 5.41 Å². The average Bonchev–Trinajstić information content (AvgIpc) is 3.68. The summed E-state index contributed by atoms with van der Waals surface area (Å²) in [5, 5.41) is 1.18. The minimum Gasteiger partial charge on any atom is -0.226 e. The first kappa shape index (κ1) is 28.6. The third-order valence-electron chi connectivity index (χ3n) is 10.9. The molecule has 3 heteroatoms. The summed E-state index contributed by atoms with van der Waals surface area (Å²) in [6.07, 6.45) is 6.44. The highest BCUT2D eigenvalue weighted by Gasteiger charge is 2.43. The van der Waals surface area contributed by atoms with Crippen molar-refractivity contribution in [2.75, 3.05) is 0 Å². The van der Waals surface area contributed by atoms with Gasteiger partial charge in [-0.2, -0.15) is 0 Å². The first-order valence-electron chi connectivity index (χ1n) is 17.5. The summed E-state index contributed by atoms with van der Waals surface area (Å²) in [4.78, 5) is 10.4. The third-order valence-corrected chi connectivity index (χ3v) is 12.1. The zero-order valence-corrected chi connectivity index (χ0v) is 28.0. The molecular weight excluding hydrogens is 613 g/mol. The minimum absolute atomic E-state index is 0.156. The van der Waals surface area contributed by atoms with Gasteiger partial charge in [0.2, 0.25) is 0 Å². The largest absolute Gasteiger partial charge is 0.226 e. The molecule has 0 amide bonds. The maximum absolute atomic E-state index is 5.27. The Kier molecular flexibility index (Phi) is 6.63. The summed E-state index contributed by atoms with van der Waals surface area (Å²) in [6.45, 7) is 0. The number of aromatic nitrogens is 2. The van der Waals surface area contributed by atoms with Crippen LogP contribution in [0.15, 0.2) is 146 Å². The van der Waals surface area contributed by atoms with E-state index >= 15 is 0 Å². The number of thiophene rings is 1. The second-order valence-corrected chi connectivity index (χ2v) is 14.7. The maximum atomic E-state index is 5.27. The van der Waals surface area contributed by atoms with Crippen molar-refractivity contribution in [3.8, 4) is 56.0 Å². The average molecular weight is 647 g/mol. The summed E-state index contributed by atoms with van der Waals surface area (Å²) in [7, 11) is 0. The molecule has 2 nitrogen and oxygen atoms in total. The Bertz CT molecular complexity index is 2500. The van der Waals surface area contributed by atoms with Crippen LogP contribution in [0.4, 0.5) is 0 Å². The van der Waals surface area contributed by atoms with E-state index in [9.17, 15) is 0 Å². The first-order chi connectivity index (χ1) is 24.2. The molecule has 2 aliphatic carbocycles. The van der Waals surface area contributed by atoms with Crippen LogP contribution in [0.25, 0.3) is 76.3 Å². The van der Waals surface area contributed by atoms with Crippen LogP contribution in [0.2, 0.25) is 0 Å². The number of hydrogen-bond donors (Lipinski definition) is 0. The van der Waals surface area contributed by atoms with Crippen molar-refractivity contribution in [2.45, 2.75) is 37.5 Å². The van der Waals surface area contributed by atoms with Gasteiger partial charge in [0, 0.05) is 26.6 Å². The van der Waals surface area contributed by atoms with E-state index in [0.29, 0.717) is 0 Å². The molecular formula is C46H34N2S. The van der Waals surface area contributed by atoms with Crippen molar-refractivity contribution < 1.29 is 0 Å². The summed E-state index contributed by atoms with van der Waals surface area (Å²) in [5.41, 5.74) is 15.2. The molecule has 0 atom stereocenters. The fourth-order valence-corrected chi connectivity index (χ4v) is 9.66. The summed E-state index contributed by atoms with van der Waals surface area (Å²) in [6, 6.07) is 53.1. The van der Waals surface area contributed by atoms with Crippen LogP contribution in [-0.4, -0.2) is 9.97 Å². The van der Waals surface area contributed by atoms with Crippen LogP contribution < -0.4 is 0 Å². The monoisotopic (exact) mass is 646 g/mol. The van der Waals surface area contributed by atoms with Crippen molar-refractivity contribution in [1.29, 1.82) is 0 Å². The molecule has 1 spiro atoms. The molecule has 0 aliphatic heterocycles. The number of rotatable bonds is 4. The van der Waals surface area contributed by atoms with Gasteiger partial charge in [-0.3, -0.25) is 0 Å². The van der Waals surface area contributed by atoms with Crippen LogP contribution in [0.5, 0.6) is 0 Å². The molecule has 8 aromatic rings. The van der Waals surface area contributed by atoms with Gasteiger partial charge in [-0.1, -0.05) is 153 Å². The second-order valence-electron chi connectivity index (χ2n) is 13.6. The molecule has 6 aromatic carbocycles. The van der Waals surface area contributed by atoms with E-state index in [1.54, 1.807) is 16.9 Å². The molecule has 1 saturated carbocycles. The molecule has 10 rings (SSSR count). The van der Waals surface area contributed by atoms with Gasteiger partial charge in [0.25, 0.3) is 0 Å². The quantitative estimate of drug-likeness (QED) is 0.190. The lowest BCUT2D eigenvalue weighted by molar-refractivity contribution is 0.353. The second kappa shape index (κ2) is 11.4. The van der Waals surface area contributed by atoms with E-state index in [4.69, 9.17) is 9.97 Å². The molecule has 49 heavy (non-hydrogen) atoms. The molecule has 0 bridgehead atoms. The zero-order valence-electron chi connectivity index (χ0n) is 27.2. The van der Waals surface area contributed by atoms with Crippen molar-refractivity contribution in [3.63, 3.8) is 0 Å². The van der Waals surface area contributed by atoms with Gasteiger partial charge in [0.15, 0.2) is 5.82 Å². The minimum atomic E-state index is 0.156. The summed E-state index contributed by atoms with van der Waals surface area (Å²) < 4.78 is 2.37. The standard InChI is InChI=1S/C46H34N2S/c1-3-11-30(12-4-1)31-19-23-34(24-20-31)45-47-42(44-43(48-45)38-14-6-8-16-41(38)49-44)33-21-17-32(18-22-33)35-25-26-37-36-13-5-7-15-39(36)46(40(37)29-35)27-9-2-10-28-46/h1,3-8,11-26,29H,2,9-10,27-28H2. The predicted octanol–water partition coefficient (Wildman–Crippen LogP) is 12.7. The lowest BCUT2D eigenvalue weighted by atomic mass is 9.67. The van der Waals surface area contributed by atoms with Gasteiger partial charge in [-0.05, 0) is 69.5 Å². The van der Waals surface area contributed by atoms with Crippen molar-refractivity contribution >= 4 is 31.6 Å². The van der Waals surface area contributed by atoms with E-state index in [1.807, 2.05) is 0 Å². The molecule has 2 heterocycles. The highest BCUT2D eigenvalue weighted by molar-refractivity contribution is 7.26. The highest BCUT2D eigenvalue weighted by Crippen LogP contribution is 2.56. The van der Waals surface area contributed by atoms with Crippen LogP contribution in [-0.2, 0) is 5.41 Å². The van der Waals surface area contributed by atoms with Gasteiger partial charge >= 0.3 is 0 Å². The van der Waals surface area contributed by atoms with E-state index in [2.05, 4.69) is 146 Å². The van der Waals surface area contributed by atoms with Gasteiger partial charge < -0.3 is 0 Å². The normalized spacial score (nSPS) is 14.7. The Morgan fingerprint density at radius 2 is 1.08 bits per heavy atom. The van der Waals surface area contributed by atoms with E-state index < -0.39 is 0 Å². The molecule has 234 valence electrons. The lowest BCUT2D eigenvalue weighted by Gasteiger charge is -2.36. The van der Waals surface area contributed by atoms with Crippen LogP contribution in [0.3, 0.4) is 0 Å². The number of benzene rings is 6. The fourth-order valence-electron chi connectivity index (χ4n) is 8.51. The zero-order chi connectivity index (χ0) is 32.4. The van der Waals surface area contributed by atoms with Crippen LogP contribution in [0, 0.1) is 0 Å². The molecule has 0 radical (unpaired) electrons. The first-order valence-corrected chi connectivity index (χ1v) is 18.3. The topological polar surface area (TPSA) is 25.8 Å². The van der Waals surface area contributed by atoms with Gasteiger partial charge in [-0.15, -0.1) is 11.3 Å². The summed E-state index contributed by atoms with van der Waals surface area (Å²) >= 11 is 1.78. The molecule has 0 N–H and O–H groups in total. The van der Waals surface area contributed by atoms with Gasteiger partial charge in [0.1, 0.15) is 0 Å². The Morgan fingerprint density at radius 3 is 1.90 bits per heavy atom. The predicted molar refractivity (Wildman–Crippen MR) is 206 cm³/mol. The molecule has 0 unspecified atom stereocenters. The Balaban J connectivity index is 1.06. The van der Waals surface area contributed by atoms with Gasteiger partial charge in [-0.25, -0.2) is 9.97 Å². The smallest absolute Gasteiger partial charge is 0.160 e. The molecule has 2 aromatic heterocycles.